The summed E-state index contributed by atoms with van der Waals surface area (Å²) >= 11 is 0. The minimum Gasteiger partial charge on any atom is -0.381 e. The molecular weight excluding hydrogens is 266 g/mol. The molecule has 0 saturated carbocycles. The van der Waals surface area contributed by atoms with E-state index in [1.807, 2.05) is 0 Å². The van der Waals surface area contributed by atoms with E-state index >= 15 is 0 Å². The zero-order valence-corrected chi connectivity index (χ0v) is 12.8. The molecule has 2 aliphatic heterocycles. The summed E-state index contributed by atoms with van der Waals surface area (Å²) in [6, 6.07) is 8.48. The second kappa shape index (κ2) is 6.03. The zero-order chi connectivity index (χ0) is 14.7. The van der Waals surface area contributed by atoms with Crippen LogP contribution in [0.2, 0.25) is 0 Å². The first-order valence-electron chi connectivity index (χ1n) is 7.46. The summed E-state index contributed by atoms with van der Waals surface area (Å²) in [4.78, 5) is 6.62. The van der Waals surface area contributed by atoms with Gasteiger partial charge in [-0.15, -0.1) is 0 Å². The van der Waals surface area contributed by atoms with Crippen LogP contribution in [0.3, 0.4) is 0 Å². The van der Waals surface area contributed by atoms with Crippen molar-refractivity contribution in [3.05, 3.63) is 35.4 Å². The molecular formula is C16H23N3O2. The van der Waals surface area contributed by atoms with Crippen LogP contribution in [0.5, 0.6) is 0 Å². The quantitative estimate of drug-likeness (QED) is 0.898. The predicted octanol–water partition coefficient (Wildman–Crippen LogP) is 0.992. The molecule has 0 aliphatic carbocycles. The molecule has 3 rings (SSSR count). The van der Waals surface area contributed by atoms with Crippen LogP contribution in [-0.2, 0) is 21.5 Å². The average Bonchev–Trinajstić information content (AvgIpc) is 2.91. The Morgan fingerprint density at radius 1 is 1.43 bits per heavy atom. The first-order valence-corrected chi connectivity index (χ1v) is 7.46. The van der Waals surface area contributed by atoms with Crippen molar-refractivity contribution in [1.29, 1.82) is 0 Å². The smallest absolute Gasteiger partial charge is 0.193 e. The number of guanidine groups is 1. The number of hydrogen-bond donors (Lipinski definition) is 1. The van der Waals surface area contributed by atoms with Gasteiger partial charge in [0.2, 0.25) is 0 Å². The van der Waals surface area contributed by atoms with Gasteiger partial charge in [0.1, 0.15) is 5.60 Å². The van der Waals surface area contributed by atoms with Crippen molar-refractivity contribution in [1.82, 2.24) is 10.2 Å². The minimum atomic E-state index is -0.435. The topological polar surface area (TPSA) is 46.1 Å². The van der Waals surface area contributed by atoms with Crippen molar-refractivity contribution in [2.75, 3.05) is 47.0 Å². The lowest BCUT2D eigenvalue weighted by Crippen LogP contribution is -2.50. The summed E-state index contributed by atoms with van der Waals surface area (Å²) in [6.07, 6.45) is 0.961. The lowest BCUT2D eigenvalue weighted by atomic mass is 9.86. The van der Waals surface area contributed by atoms with Crippen LogP contribution < -0.4 is 5.32 Å². The standard InChI is InChI=1S/C16H23N3O2/c1-19-9-8-17-15(19)18-11-16(12-20-2)14-6-4-3-5-13(14)7-10-21-16/h3-6H,7-12H2,1-2H3,(H,17,18). The predicted molar refractivity (Wildman–Crippen MR) is 82.6 cm³/mol. The van der Waals surface area contributed by atoms with Gasteiger partial charge in [-0.25, -0.2) is 0 Å². The van der Waals surface area contributed by atoms with E-state index < -0.39 is 5.60 Å². The molecule has 0 aromatic heterocycles. The lowest BCUT2D eigenvalue weighted by molar-refractivity contribution is -0.0990. The Labute approximate surface area is 126 Å². The average molecular weight is 289 g/mol. The fourth-order valence-electron chi connectivity index (χ4n) is 3.11. The monoisotopic (exact) mass is 289 g/mol. The van der Waals surface area contributed by atoms with Gasteiger partial charge < -0.3 is 19.7 Å². The first kappa shape index (κ1) is 14.4. The number of hydrogen-bond acceptors (Lipinski definition) is 5. The van der Waals surface area contributed by atoms with Crippen LogP contribution in [0.1, 0.15) is 11.1 Å². The summed E-state index contributed by atoms with van der Waals surface area (Å²) in [5, 5.41) is 3.44. The van der Waals surface area contributed by atoms with Gasteiger partial charge in [-0.2, -0.15) is 0 Å². The highest BCUT2D eigenvalue weighted by Crippen LogP contribution is 2.33. The summed E-state index contributed by atoms with van der Waals surface area (Å²) in [7, 11) is 3.78. The second-order valence-corrected chi connectivity index (χ2v) is 5.66. The molecule has 5 heteroatoms. The molecule has 1 unspecified atom stereocenters. The third kappa shape index (κ3) is 2.76. The van der Waals surface area contributed by atoms with Gasteiger partial charge in [0.05, 0.1) is 26.3 Å². The SMILES string of the molecule is COCC1(CNC2=NCCN2C)OCCc2ccccc21. The number of methoxy groups -OCH3 is 1. The molecule has 0 bridgehead atoms. The third-order valence-electron chi connectivity index (χ3n) is 4.23. The van der Waals surface area contributed by atoms with Crippen molar-refractivity contribution in [3.8, 4) is 0 Å². The Bertz CT molecular complexity index is 532. The third-order valence-corrected chi connectivity index (χ3v) is 4.23. The largest absolute Gasteiger partial charge is 0.381 e. The van der Waals surface area contributed by atoms with Crippen LogP contribution >= 0.6 is 0 Å². The Morgan fingerprint density at radius 3 is 3.05 bits per heavy atom. The van der Waals surface area contributed by atoms with E-state index in [9.17, 15) is 0 Å². The van der Waals surface area contributed by atoms with E-state index in [1.54, 1.807) is 7.11 Å². The fraction of sp³-hybridized carbons (Fsp3) is 0.562. The second-order valence-electron chi connectivity index (χ2n) is 5.66. The van der Waals surface area contributed by atoms with Crippen LogP contribution in [0.4, 0.5) is 0 Å². The first-order chi connectivity index (χ1) is 10.2. The molecule has 1 N–H and O–H groups in total. The van der Waals surface area contributed by atoms with Crippen LogP contribution in [0.15, 0.2) is 29.3 Å². The van der Waals surface area contributed by atoms with Crippen molar-refractivity contribution in [2.45, 2.75) is 12.0 Å². The Kier molecular flexibility index (Phi) is 4.12. The van der Waals surface area contributed by atoms with Gasteiger partial charge in [-0.3, -0.25) is 4.99 Å². The number of fused-ring (bicyclic) bond motifs is 1. The maximum Gasteiger partial charge on any atom is 0.193 e. The number of benzene rings is 1. The number of nitrogens with zero attached hydrogens (tertiary/aromatic N) is 2. The minimum absolute atomic E-state index is 0.435. The molecule has 1 aromatic rings. The normalized spacial score (nSPS) is 24.7. The van der Waals surface area contributed by atoms with E-state index in [4.69, 9.17) is 9.47 Å². The highest BCUT2D eigenvalue weighted by molar-refractivity contribution is 5.81. The number of ether oxygens (including phenoxy) is 2. The highest BCUT2D eigenvalue weighted by Gasteiger charge is 2.38. The molecule has 1 atom stereocenters. The van der Waals surface area contributed by atoms with Gasteiger partial charge in [-0.05, 0) is 17.5 Å². The summed E-state index contributed by atoms with van der Waals surface area (Å²) < 4.78 is 11.6. The van der Waals surface area contributed by atoms with Gasteiger partial charge in [0.15, 0.2) is 5.96 Å². The Balaban J connectivity index is 1.83. The zero-order valence-electron chi connectivity index (χ0n) is 12.8. The van der Waals surface area contributed by atoms with E-state index in [2.05, 4.69) is 46.5 Å². The van der Waals surface area contributed by atoms with Crippen LogP contribution in [-0.4, -0.2) is 57.9 Å². The molecule has 0 spiro atoms. The van der Waals surface area contributed by atoms with Gasteiger partial charge >= 0.3 is 0 Å². The summed E-state index contributed by atoms with van der Waals surface area (Å²) in [5.41, 5.74) is 2.14. The maximum absolute atomic E-state index is 6.17. The number of nitrogens with one attached hydrogen (secondary N) is 1. The molecule has 0 amide bonds. The van der Waals surface area contributed by atoms with Gasteiger partial charge in [-0.1, -0.05) is 24.3 Å². The van der Waals surface area contributed by atoms with E-state index in [0.717, 1.165) is 32.1 Å². The van der Waals surface area contributed by atoms with Crippen LogP contribution in [0.25, 0.3) is 0 Å². The maximum atomic E-state index is 6.17. The Hall–Kier alpha value is -1.59. The molecule has 5 nitrogen and oxygen atoms in total. The van der Waals surface area contributed by atoms with Crippen LogP contribution in [0, 0.1) is 0 Å². The highest BCUT2D eigenvalue weighted by atomic mass is 16.5. The molecule has 2 heterocycles. The van der Waals surface area contributed by atoms with Crippen molar-refractivity contribution < 1.29 is 9.47 Å². The van der Waals surface area contributed by atoms with E-state index in [1.165, 1.54) is 11.1 Å². The van der Waals surface area contributed by atoms with Crippen molar-refractivity contribution >= 4 is 5.96 Å². The van der Waals surface area contributed by atoms with Crippen molar-refractivity contribution in [2.24, 2.45) is 4.99 Å². The van der Waals surface area contributed by atoms with E-state index in [-0.39, 0.29) is 0 Å². The summed E-state index contributed by atoms with van der Waals surface area (Å²) in [6.45, 7) is 3.75. The number of aliphatic imine (C=N–C) groups is 1. The summed E-state index contributed by atoms with van der Waals surface area (Å²) in [5.74, 6) is 0.942. The van der Waals surface area contributed by atoms with Gasteiger partial charge in [0, 0.05) is 20.7 Å². The fourth-order valence-corrected chi connectivity index (χ4v) is 3.11. The molecule has 0 saturated heterocycles. The van der Waals surface area contributed by atoms with Gasteiger partial charge in [0.25, 0.3) is 0 Å². The van der Waals surface area contributed by atoms with E-state index in [0.29, 0.717) is 13.2 Å². The number of rotatable bonds is 4. The Morgan fingerprint density at radius 2 is 2.29 bits per heavy atom. The molecule has 0 radical (unpaired) electrons. The molecule has 114 valence electrons. The lowest BCUT2D eigenvalue weighted by Gasteiger charge is -2.39. The molecule has 2 aliphatic rings. The molecule has 21 heavy (non-hydrogen) atoms. The molecule has 0 fully saturated rings. The number of likely N-dealkylation sites (N-methyl/N-ethyl adjacent to an activating group) is 1. The van der Waals surface area contributed by atoms with Crippen molar-refractivity contribution in [3.63, 3.8) is 0 Å². The molecule has 1 aromatic carbocycles.